The van der Waals surface area contributed by atoms with E-state index in [4.69, 9.17) is 4.74 Å². The predicted molar refractivity (Wildman–Crippen MR) is 51.1 cm³/mol. The number of fused-ring (bicyclic) bond motifs is 1. The second kappa shape index (κ2) is 3.14. The summed E-state index contributed by atoms with van der Waals surface area (Å²) in [6.07, 6.45) is 0. The standard InChI is InChI=1S/C10H8FNO2/c1-14-7-4-2-6-3-5-8(13)12-10(6)9(7)11/h2-5H,1H3,(H,12,13). The second-order valence-corrected chi connectivity index (χ2v) is 2.87. The molecule has 0 saturated heterocycles. The van der Waals surface area contributed by atoms with Gasteiger partial charge in [0.15, 0.2) is 11.6 Å². The van der Waals surface area contributed by atoms with E-state index in [0.29, 0.717) is 5.39 Å². The molecular weight excluding hydrogens is 185 g/mol. The van der Waals surface area contributed by atoms with Crippen LogP contribution < -0.4 is 10.3 Å². The van der Waals surface area contributed by atoms with Crippen molar-refractivity contribution in [1.82, 2.24) is 4.98 Å². The predicted octanol–water partition coefficient (Wildman–Crippen LogP) is 1.68. The SMILES string of the molecule is COc1ccc2ccc(=O)[nH]c2c1F. The van der Waals surface area contributed by atoms with Gasteiger partial charge in [0.1, 0.15) is 0 Å². The Morgan fingerprint density at radius 2 is 2.00 bits per heavy atom. The minimum absolute atomic E-state index is 0.124. The first kappa shape index (κ1) is 8.74. The van der Waals surface area contributed by atoms with Crippen LogP contribution in [0, 0.1) is 5.82 Å². The van der Waals surface area contributed by atoms with Crippen molar-refractivity contribution in [3.8, 4) is 5.75 Å². The molecule has 0 fully saturated rings. The maximum atomic E-state index is 13.6. The second-order valence-electron chi connectivity index (χ2n) is 2.87. The number of H-pyrrole nitrogens is 1. The van der Waals surface area contributed by atoms with Gasteiger partial charge in [0.2, 0.25) is 5.56 Å². The monoisotopic (exact) mass is 193 g/mol. The van der Waals surface area contributed by atoms with Gasteiger partial charge in [0, 0.05) is 11.5 Å². The molecule has 0 saturated carbocycles. The number of hydrogen-bond acceptors (Lipinski definition) is 2. The summed E-state index contributed by atoms with van der Waals surface area (Å²) in [4.78, 5) is 13.4. The van der Waals surface area contributed by atoms with Crippen molar-refractivity contribution in [3.63, 3.8) is 0 Å². The maximum Gasteiger partial charge on any atom is 0.248 e. The van der Waals surface area contributed by atoms with E-state index in [1.807, 2.05) is 0 Å². The zero-order valence-corrected chi connectivity index (χ0v) is 7.50. The highest BCUT2D eigenvalue weighted by Gasteiger charge is 2.07. The van der Waals surface area contributed by atoms with E-state index in [1.54, 1.807) is 12.1 Å². The van der Waals surface area contributed by atoms with Crippen molar-refractivity contribution < 1.29 is 9.13 Å². The molecule has 1 N–H and O–H groups in total. The Morgan fingerprint density at radius 1 is 1.29 bits per heavy atom. The van der Waals surface area contributed by atoms with Gasteiger partial charge < -0.3 is 9.72 Å². The fourth-order valence-corrected chi connectivity index (χ4v) is 1.33. The Labute approximate surface area is 79.1 Å². The van der Waals surface area contributed by atoms with Crippen LogP contribution in [0.5, 0.6) is 5.75 Å². The molecule has 2 aromatic rings. The number of pyridine rings is 1. The Hall–Kier alpha value is -1.84. The molecule has 0 aliphatic carbocycles. The average Bonchev–Trinajstić information content (AvgIpc) is 2.20. The summed E-state index contributed by atoms with van der Waals surface area (Å²) in [6.45, 7) is 0. The number of methoxy groups -OCH3 is 1. The van der Waals surface area contributed by atoms with Gasteiger partial charge in [-0.3, -0.25) is 4.79 Å². The molecule has 0 spiro atoms. The highest BCUT2D eigenvalue weighted by atomic mass is 19.1. The van der Waals surface area contributed by atoms with Crippen LogP contribution in [0.4, 0.5) is 4.39 Å². The van der Waals surface area contributed by atoms with Crippen molar-refractivity contribution in [2.24, 2.45) is 0 Å². The van der Waals surface area contributed by atoms with E-state index in [0.717, 1.165) is 0 Å². The van der Waals surface area contributed by atoms with Crippen LogP contribution in [-0.2, 0) is 0 Å². The Morgan fingerprint density at radius 3 is 2.71 bits per heavy atom. The summed E-state index contributed by atoms with van der Waals surface area (Å²) in [6, 6.07) is 6.13. The lowest BCUT2D eigenvalue weighted by atomic mass is 10.2. The first-order valence-electron chi connectivity index (χ1n) is 4.08. The fraction of sp³-hybridized carbons (Fsp3) is 0.100. The summed E-state index contributed by atoms with van der Waals surface area (Å²) >= 11 is 0. The van der Waals surface area contributed by atoms with Crippen LogP contribution in [0.2, 0.25) is 0 Å². The molecule has 0 aliphatic heterocycles. The summed E-state index contributed by atoms with van der Waals surface area (Å²) in [7, 11) is 1.38. The summed E-state index contributed by atoms with van der Waals surface area (Å²) in [5, 5.41) is 0.642. The maximum absolute atomic E-state index is 13.6. The molecular formula is C10H8FNO2. The molecule has 2 rings (SSSR count). The molecule has 72 valence electrons. The van der Waals surface area contributed by atoms with Crippen molar-refractivity contribution in [2.75, 3.05) is 7.11 Å². The summed E-state index contributed by atoms with van der Waals surface area (Å²) in [5.74, 6) is -0.415. The number of rotatable bonds is 1. The van der Waals surface area contributed by atoms with Gasteiger partial charge in [-0.25, -0.2) is 4.39 Å². The molecule has 4 heteroatoms. The van der Waals surface area contributed by atoms with E-state index in [9.17, 15) is 9.18 Å². The van der Waals surface area contributed by atoms with Crippen molar-refractivity contribution >= 4 is 10.9 Å². The number of ether oxygens (including phenoxy) is 1. The zero-order valence-electron chi connectivity index (χ0n) is 7.50. The van der Waals surface area contributed by atoms with Gasteiger partial charge in [-0.15, -0.1) is 0 Å². The van der Waals surface area contributed by atoms with Gasteiger partial charge >= 0.3 is 0 Å². The van der Waals surface area contributed by atoms with Gasteiger partial charge in [-0.1, -0.05) is 0 Å². The summed E-state index contributed by atoms with van der Waals surface area (Å²) in [5.41, 5.74) is -0.151. The van der Waals surface area contributed by atoms with E-state index in [-0.39, 0.29) is 16.8 Å². The molecule has 0 radical (unpaired) electrons. The fourth-order valence-electron chi connectivity index (χ4n) is 1.33. The first-order valence-corrected chi connectivity index (χ1v) is 4.08. The lowest BCUT2D eigenvalue weighted by molar-refractivity contribution is 0.388. The lowest BCUT2D eigenvalue weighted by Gasteiger charge is -2.03. The largest absolute Gasteiger partial charge is 0.494 e. The number of halogens is 1. The van der Waals surface area contributed by atoms with E-state index in [1.165, 1.54) is 19.2 Å². The average molecular weight is 193 g/mol. The van der Waals surface area contributed by atoms with Gasteiger partial charge in [0.05, 0.1) is 12.6 Å². The van der Waals surface area contributed by atoms with E-state index >= 15 is 0 Å². The third-order valence-electron chi connectivity index (χ3n) is 2.02. The number of aromatic nitrogens is 1. The molecule has 0 atom stereocenters. The van der Waals surface area contributed by atoms with E-state index < -0.39 is 5.82 Å². The Bertz CT molecular complexity index is 533. The Balaban J connectivity index is 2.86. The number of hydrogen-bond donors (Lipinski definition) is 1. The molecule has 1 aromatic heterocycles. The van der Waals surface area contributed by atoms with Crippen LogP contribution in [0.25, 0.3) is 10.9 Å². The van der Waals surface area contributed by atoms with Crippen LogP contribution in [0.3, 0.4) is 0 Å². The van der Waals surface area contributed by atoms with Crippen LogP contribution in [-0.4, -0.2) is 12.1 Å². The third kappa shape index (κ3) is 1.25. The normalized spacial score (nSPS) is 10.4. The van der Waals surface area contributed by atoms with Crippen molar-refractivity contribution in [3.05, 3.63) is 40.4 Å². The highest BCUT2D eigenvalue weighted by molar-refractivity contribution is 5.80. The van der Waals surface area contributed by atoms with E-state index in [2.05, 4.69) is 4.98 Å². The van der Waals surface area contributed by atoms with Crippen LogP contribution >= 0.6 is 0 Å². The van der Waals surface area contributed by atoms with Gasteiger partial charge in [-0.2, -0.15) is 0 Å². The molecule has 1 aromatic carbocycles. The molecule has 14 heavy (non-hydrogen) atoms. The van der Waals surface area contributed by atoms with Crippen molar-refractivity contribution in [1.29, 1.82) is 0 Å². The zero-order chi connectivity index (χ0) is 10.1. The summed E-state index contributed by atoms with van der Waals surface area (Å²) < 4.78 is 18.4. The Kier molecular flexibility index (Phi) is 1.96. The molecule has 0 aliphatic rings. The van der Waals surface area contributed by atoms with Gasteiger partial charge in [0.25, 0.3) is 0 Å². The third-order valence-corrected chi connectivity index (χ3v) is 2.02. The van der Waals surface area contributed by atoms with Crippen molar-refractivity contribution in [2.45, 2.75) is 0 Å². The quantitative estimate of drug-likeness (QED) is 0.748. The number of nitrogens with one attached hydrogen (secondary N) is 1. The molecule has 0 bridgehead atoms. The van der Waals surface area contributed by atoms with Crippen LogP contribution in [0.1, 0.15) is 0 Å². The van der Waals surface area contributed by atoms with Crippen LogP contribution in [0.15, 0.2) is 29.1 Å². The molecule has 1 heterocycles. The molecule has 0 unspecified atom stereocenters. The minimum atomic E-state index is -0.539. The minimum Gasteiger partial charge on any atom is -0.494 e. The molecule has 0 amide bonds. The smallest absolute Gasteiger partial charge is 0.248 e. The first-order chi connectivity index (χ1) is 6.72. The van der Waals surface area contributed by atoms with Gasteiger partial charge in [-0.05, 0) is 18.2 Å². The molecule has 3 nitrogen and oxygen atoms in total. The number of aromatic amines is 1. The topological polar surface area (TPSA) is 42.1 Å². The lowest BCUT2D eigenvalue weighted by Crippen LogP contribution is -2.04. The highest BCUT2D eigenvalue weighted by Crippen LogP contribution is 2.23. The number of benzene rings is 1.